The third-order valence-corrected chi connectivity index (χ3v) is 4.03. The van der Waals surface area contributed by atoms with E-state index in [1.807, 2.05) is 0 Å². The van der Waals surface area contributed by atoms with Crippen molar-refractivity contribution in [3.63, 3.8) is 0 Å². The van der Waals surface area contributed by atoms with Crippen LogP contribution in [0.4, 0.5) is 8.78 Å². The Bertz CT molecular complexity index is 877. The number of pyridine rings is 1. The number of aromatic nitrogens is 1. The second-order valence-corrected chi connectivity index (χ2v) is 5.78. The lowest BCUT2D eigenvalue weighted by Gasteiger charge is -2.19. The standard InChI is InChI=1S/C17H14F2N4O2.CH4O/c18-17(19)7-11(8-20)23(10-17)15(24)9-22-16(25)13-5-6-21-14-4-2-1-3-12(13)14;1-2/h1-6,11H,7,9-10H2,(H,22,25);2H,1H3. The van der Waals surface area contributed by atoms with Crippen molar-refractivity contribution in [3.05, 3.63) is 42.1 Å². The van der Waals surface area contributed by atoms with Crippen LogP contribution in [0.1, 0.15) is 16.8 Å². The van der Waals surface area contributed by atoms with Crippen LogP contribution in [0, 0.1) is 11.3 Å². The molecule has 1 aromatic carbocycles. The van der Waals surface area contributed by atoms with Crippen molar-refractivity contribution in [2.24, 2.45) is 0 Å². The van der Waals surface area contributed by atoms with E-state index in [-0.39, 0.29) is 0 Å². The van der Waals surface area contributed by atoms with E-state index in [1.54, 1.807) is 30.3 Å². The van der Waals surface area contributed by atoms with Gasteiger partial charge >= 0.3 is 0 Å². The molecule has 1 aliphatic heterocycles. The summed E-state index contributed by atoms with van der Waals surface area (Å²) in [6.45, 7) is -1.26. The van der Waals surface area contributed by atoms with Crippen LogP contribution in [0.25, 0.3) is 10.9 Å². The molecule has 142 valence electrons. The van der Waals surface area contributed by atoms with Crippen molar-refractivity contribution in [3.8, 4) is 6.07 Å². The van der Waals surface area contributed by atoms with Gasteiger partial charge in [0, 0.05) is 25.1 Å². The summed E-state index contributed by atoms with van der Waals surface area (Å²) in [5.74, 6) is -4.30. The number of nitriles is 1. The van der Waals surface area contributed by atoms with Gasteiger partial charge in [-0.25, -0.2) is 8.78 Å². The van der Waals surface area contributed by atoms with Gasteiger partial charge in [0.15, 0.2) is 0 Å². The first-order chi connectivity index (χ1) is 12.9. The molecule has 2 N–H and O–H groups in total. The Morgan fingerprint density at radius 2 is 2.07 bits per heavy atom. The average Bonchev–Trinajstić information content (AvgIpc) is 3.01. The maximum absolute atomic E-state index is 13.4. The van der Waals surface area contributed by atoms with Gasteiger partial charge in [-0.05, 0) is 12.1 Å². The number of hydrogen-bond acceptors (Lipinski definition) is 5. The molecule has 2 aromatic rings. The molecule has 0 spiro atoms. The smallest absolute Gasteiger partial charge is 0.268 e. The van der Waals surface area contributed by atoms with E-state index in [2.05, 4.69) is 10.3 Å². The van der Waals surface area contributed by atoms with Gasteiger partial charge in [0.2, 0.25) is 5.91 Å². The summed E-state index contributed by atoms with van der Waals surface area (Å²) in [7, 11) is 1.00. The third-order valence-electron chi connectivity index (χ3n) is 4.03. The van der Waals surface area contributed by atoms with Gasteiger partial charge in [-0.2, -0.15) is 5.26 Å². The highest BCUT2D eigenvalue weighted by Crippen LogP contribution is 2.31. The van der Waals surface area contributed by atoms with Crippen molar-refractivity contribution in [1.82, 2.24) is 15.2 Å². The normalized spacial score (nSPS) is 17.6. The minimum atomic E-state index is -3.08. The van der Waals surface area contributed by atoms with Crippen LogP contribution in [0.3, 0.4) is 0 Å². The molecule has 3 rings (SSSR count). The van der Waals surface area contributed by atoms with Gasteiger partial charge in [-0.1, -0.05) is 18.2 Å². The summed E-state index contributed by atoms with van der Waals surface area (Å²) in [6.07, 6.45) is 0.796. The quantitative estimate of drug-likeness (QED) is 0.841. The molecule has 1 aromatic heterocycles. The molecule has 2 heterocycles. The van der Waals surface area contributed by atoms with Crippen molar-refractivity contribution in [2.75, 3.05) is 20.2 Å². The number of likely N-dealkylation sites (tertiary alicyclic amines) is 1. The number of rotatable bonds is 3. The van der Waals surface area contributed by atoms with Crippen molar-refractivity contribution in [1.29, 1.82) is 5.26 Å². The minimum absolute atomic E-state index is 0.335. The van der Waals surface area contributed by atoms with Crippen molar-refractivity contribution in [2.45, 2.75) is 18.4 Å². The number of aliphatic hydroxyl groups is 1. The van der Waals surface area contributed by atoms with E-state index < -0.39 is 43.3 Å². The number of fused-ring (bicyclic) bond motifs is 1. The summed E-state index contributed by atoms with van der Waals surface area (Å²) in [5.41, 5.74) is 0.965. The minimum Gasteiger partial charge on any atom is -0.400 e. The molecule has 1 fully saturated rings. The summed E-state index contributed by atoms with van der Waals surface area (Å²) in [4.78, 5) is 29.4. The fourth-order valence-electron chi connectivity index (χ4n) is 2.84. The number of benzene rings is 1. The maximum Gasteiger partial charge on any atom is 0.268 e. The number of alkyl halides is 2. The lowest BCUT2D eigenvalue weighted by molar-refractivity contribution is -0.131. The lowest BCUT2D eigenvalue weighted by Crippen LogP contribution is -2.43. The fourth-order valence-corrected chi connectivity index (χ4v) is 2.84. The highest BCUT2D eigenvalue weighted by molar-refractivity contribution is 6.06. The molecular weight excluding hydrogens is 358 g/mol. The molecule has 0 radical (unpaired) electrons. The number of nitrogens with zero attached hydrogens (tertiary/aromatic N) is 3. The number of hydrogen-bond donors (Lipinski definition) is 2. The van der Waals surface area contributed by atoms with Crippen LogP contribution in [0.15, 0.2) is 36.5 Å². The number of carbonyl (C=O) groups is 2. The van der Waals surface area contributed by atoms with Crippen LogP contribution in [0.2, 0.25) is 0 Å². The summed E-state index contributed by atoms with van der Waals surface area (Å²) >= 11 is 0. The molecule has 1 atom stereocenters. The predicted octanol–water partition coefficient (Wildman–Crippen LogP) is 1.33. The molecule has 9 heteroatoms. The molecule has 0 saturated carbocycles. The molecule has 1 aliphatic rings. The zero-order chi connectivity index (χ0) is 20.0. The number of amides is 2. The zero-order valence-electron chi connectivity index (χ0n) is 14.5. The van der Waals surface area contributed by atoms with Gasteiger partial charge in [-0.3, -0.25) is 14.6 Å². The van der Waals surface area contributed by atoms with E-state index in [9.17, 15) is 18.4 Å². The molecule has 2 amide bonds. The SMILES string of the molecule is CO.N#CC1CC(F)(F)CN1C(=O)CNC(=O)c1ccnc2ccccc12. The van der Waals surface area contributed by atoms with Crippen molar-refractivity contribution < 1.29 is 23.5 Å². The monoisotopic (exact) mass is 376 g/mol. The van der Waals surface area contributed by atoms with Gasteiger partial charge in [0.05, 0.1) is 30.2 Å². The highest BCUT2D eigenvalue weighted by atomic mass is 19.3. The first kappa shape index (κ1) is 20.2. The van der Waals surface area contributed by atoms with Crippen LogP contribution in [-0.4, -0.2) is 59.0 Å². The third kappa shape index (κ3) is 4.54. The molecule has 1 unspecified atom stereocenters. The predicted molar refractivity (Wildman–Crippen MR) is 92.9 cm³/mol. The molecular formula is C18H18F2N4O3. The van der Waals surface area contributed by atoms with Gasteiger partial charge in [0.1, 0.15) is 6.04 Å². The van der Waals surface area contributed by atoms with Gasteiger partial charge in [0.25, 0.3) is 11.8 Å². The van der Waals surface area contributed by atoms with E-state index in [1.165, 1.54) is 12.3 Å². The summed E-state index contributed by atoms with van der Waals surface area (Å²) < 4.78 is 26.8. The zero-order valence-corrected chi connectivity index (χ0v) is 14.5. The number of aliphatic hydroxyl groups excluding tert-OH is 1. The topological polar surface area (TPSA) is 106 Å². The number of carbonyl (C=O) groups excluding carboxylic acids is 2. The molecule has 0 bridgehead atoms. The lowest BCUT2D eigenvalue weighted by atomic mass is 10.1. The average molecular weight is 376 g/mol. The number of nitrogens with one attached hydrogen (secondary N) is 1. The maximum atomic E-state index is 13.4. The Hall–Kier alpha value is -3.12. The molecule has 27 heavy (non-hydrogen) atoms. The molecule has 0 aliphatic carbocycles. The first-order valence-corrected chi connectivity index (χ1v) is 8.05. The van der Waals surface area contributed by atoms with Gasteiger partial charge in [-0.15, -0.1) is 0 Å². The first-order valence-electron chi connectivity index (χ1n) is 8.05. The Morgan fingerprint density at radius 3 is 2.78 bits per heavy atom. The number of halogens is 2. The van der Waals surface area contributed by atoms with Crippen LogP contribution in [-0.2, 0) is 4.79 Å². The van der Waals surface area contributed by atoms with Crippen LogP contribution < -0.4 is 5.32 Å². The van der Waals surface area contributed by atoms with E-state index in [0.29, 0.717) is 16.5 Å². The Balaban J connectivity index is 0.00000126. The second-order valence-electron chi connectivity index (χ2n) is 5.78. The second kappa shape index (κ2) is 8.51. The van der Waals surface area contributed by atoms with Crippen molar-refractivity contribution >= 4 is 22.7 Å². The largest absolute Gasteiger partial charge is 0.400 e. The van der Waals surface area contributed by atoms with E-state index in [0.717, 1.165) is 12.0 Å². The van der Waals surface area contributed by atoms with E-state index >= 15 is 0 Å². The van der Waals surface area contributed by atoms with E-state index in [4.69, 9.17) is 10.4 Å². The Morgan fingerprint density at radius 1 is 1.37 bits per heavy atom. The van der Waals surface area contributed by atoms with Crippen LogP contribution in [0.5, 0.6) is 0 Å². The van der Waals surface area contributed by atoms with Crippen LogP contribution >= 0.6 is 0 Å². The number of para-hydroxylation sites is 1. The Labute approximate surface area is 154 Å². The summed E-state index contributed by atoms with van der Waals surface area (Å²) in [6, 6.07) is 9.06. The van der Waals surface area contributed by atoms with Gasteiger partial charge < -0.3 is 15.3 Å². The highest BCUT2D eigenvalue weighted by Gasteiger charge is 2.47. The molecule has 1 saturated heterocycles. The fraction of sp³-hybridized carbons (Fsp3) is 0.333. The Kier molecular flexibility index (Phi) is 6.36. The molecule has 7 nitrogen and oxygen atoms in total. The summed E-state index contributed by atoms with van der Waals surface area (Å²) in [5, 5.41) is 19.0.